The van der Waals surface area contributed by atoms with Gasteiger partial charge in [0.05, 0.1) is 6.07 Å². The summed E-state index contributed by atoms with van der Waals surface area (Å²) in [5.74, 6) is 0.629. The molecule has 0 unspecified atom stereocenters. The molecule has 1 heterocycles. The predicted octanol–water partition coefficient (Wildman–Crippen LogP) is 0.412. The summed E-state index contributed by atoms with van der Waals surface area (Å²) in [7, 11) is 0. The monoisotopic (exact) mass is 134 g/mol. The maximum atomic E-state index is 8.17. The van der Waals surface area contributed by atoms with Crippen LogP contribution in [0.1, 0.15) is 0 Å². The van der Waals surface area contributed by atoms with Crippen molar-refractivity contribution in [2.45, 2.75) is 0 Å². The molecule has 0 aliphatic rings. The van der Waals surface area contributed by atoms with Crippen molar-refractivity contribution in [3.8, 4) is 6.07 Å². The molecule has 1 rings (SSSR count). The Balaban J connectivity index is 2.52. The van der Waals surface area contributed by atoms with Crippen LogP contribution in [-0.4, -0.2) is 16.7 Å². The van der Waals surface area contributed by atoms with Gasteiger partial charge in [-0.15, -0.1) is 5.10 Å². The van der Waals surface area contributed by atoms with E-state index in [0.717, 1.165) is 0 Å². The topological polar surface area (TPSA) is 61.6 Å². The van der Waals surface area contributed by atoms with E-state index in [0.29, 0.717) is 5.82 Å². The van der Waals surface area contributed by atoms with Gasteiger partial charge in [0, 0.05) is 6.20 Å². The Morgan fingerprint density at radius 1 is 1.70 bits per heavy atom. The number of aromatic nitrogens is 2. The summed E-state index contributed by atoms with van der Waals surface area (Å²) in [5, 5.41) is 18.2. The standard InChI is InChI=1S/C6H6N4/c7-3-5-8-6-2-1-4-9-10-6/h1-2,4H,5H2,(H,8,10). The van der Waals surface area contributed by atoms with E-state index < -0.39 is 0 Å². The van der Waals surface area contributed by atoms with E-state index in [1.807, 2.05) is 6.07 Å². The lowest BCUT2D eigenvalue weighted by molar-refractivity contribution is 1.02. The molecule has 0 amide bonds. The predicted molar refractivity (Wildman–Crippen MR) is 36.1 cm³/mol. The summed E-state index contributed by atoms with van der Waals surface area (Å²) in [5.41, 5.74) is 0. The fourth-order valence-corrected chi connectivity index (χ4v) is 0.526. The van der Waals surface area contributed by atoms with Gasteiger partial charge in [0.1, 0.15) is 12.4 Å². The molecule has 1 N–H and O–H groups in total. The van der Waals surface area contributed by atoms with Crippen LogP contribution in [0.4, 0.5) is 5.82 Å². The van der Waals surface area contributed by atoms with E-state index in [1.54, 1.807) is 18.3 Å². The molecule has 10 heavy (non-hydrogen) atoms. The smallest absolute Gasteiger partial charge is 0.149 e. The molecule has 0 aromatic carbocycles. The first-order valence-electron chi connectivity index (χ1n) is 2.82. The zero-order chi connectivity index (χ0) is 7.23. The van der Waals surface area contributed by atoms with Crippen LogP contribution >= 0.6 is 0 Å². The van der Waals surface area contributed by atoms with Crippen molar-refractivity contribution in [3.05, 3.63) is 18.3 Å². The molecule has 0 aliphatic heterocycles. The molecule has 0 atom stereocenters. The second kappa shape index (κ2) is 3.41. The van der Waals surface area contributed by atoms with Gasteiger partial charge in [-0.25, -0.2) is 0 Å². The molecule has 0 saturated carbocycles. The third kappa shape index (κ3) is 1.71. The van der Waals surface area contributed by atoms with Crippen LogP contribution in [0.5, 0.6) is 0 Å². The Kier molecular flexibility index (Phi) is 2.21. The summed E-state index contributed by atoms with van der Waals surface area (Å²) in [6.07, 6.45) is 1.58. The number of nitrogens with one attached hydrogen (secondary N) is 1. The molecule has 1 aromatic rings. The minimum absolute atomic E-state index is 0.263. The first-order valence-corrected chi connectivity index (χ1v) is 2.82. The van der Waals surface area contributed by atoms with Crippen LogP contribution in [-0.2, 0) is 0 Å². The third-order valence-electron chi connectivity index (χ3n) is 0.921. The average molecular weight is 134 g/mol. The number of hydrogen-bond donors (Lipinski definition) is 1. The Hall–Kier alpha value is -1.63. The largest absolute Gasteiger partial charge is 0.356 e. The van der Waals surface area contributed by atoms with Crippen molar-refractivity contribution >= 4 is 5.82 Å². The van der Waals surface area contributed by atoms with Gasteiger partial charge in [-0.1, -0.05) is 0 Å². The minimum Gasteiger partial charge on any atom is -0.356 e. The Morgan fingerprint density at radius 2 is 2.60 bits per heavy atom. The van der Waals surface area contributed by atoms with Gasteiger partial charge >= 0.3 is 0 Å². The fourth-order valence-electron chi connectivity index (χ4n) is 0.526. The second-order valence-electron chi connectivity index (χ2n) is 1.62. The van der Waals surface area contributed by atoms with Gasteiger partial charge in [0.15, 0.2) is 0 Å². The fraction of sp³-hybridized carbons (Fsp3) is 0.167. The number of hydrogen-bond acceptors (Lipinski definition) is 4. The molecule has 4 heteroatoms. The van der Waals surface area contributed by atoms with Crippen molar-refractivity contribution in [1.29, 1.82) is 5.26 Å². The maximum Gasteiger partial charge on any atom is 0.149 e. The molecule has 0 bridgehead atoms. The first-order chi connectivity index (χ1) is 4.93. The summed E-state index contributed by atoms with van der Waals surface area (Å²) in [6, 6.07) is 5.45. The van der Waals surface area contributed by atoms with E-state index in [9.17, 15) is 0 Å². The number of nitrogens with zero attached hydrogens (tertiary/aromatic N) is 3. The number of anilines is 1. The van der Waals surface area contributed by atoms with Gasteiger partial charge in [-0.05, 0) is 12.1 Å². The lowest BCUT2D eigenvalue weighted by atomic mass is 10.5. The Morgan fingerprint density at radius 3 is 3.20 bits per heavy atom. The van der Waals surface area contributed by atoms with Crippen LogP contribution in [0, 0.1) is 11.3 Å². The van der Waals surface area contributed by atoms with E-state index in [2.05, 4.69) is 15.5 Å². The van der Waals surface area contributed by atoms with E-state index >= 15 is 0 Å². The molecule has 50 valence electrons. The molecule has 0 fully saturated rings. The lowest BCUT2D eigenvalue weighted by Gasteiger charge is -1.95. The minimum atomic E-state index is 0.263. The van der Waals surface area contributed by atoms with Crippen molar-refractivity contribution in [2.75, 3.05) is 11.9 Å². The van der Waals surface area contributed by atoms with Crippen LogP contribution < -0.4 is 5.32 Å². The lowest BCUT2D eigenvalue weighted by Crippen LogP contribution is -2.00. The zero-order valence-electron chi connectivity index (χ0n) is 5.28. The van der Waals surface area contributed by atoms with Crippen molar-refractivity contribution in [1.82, 2.24) is 10.2 Å². The molecule has 4 nitrogen and oxygen atoms in total. The summed E-state index contributed by atoms with van der Waals surface area (Å²) in [4.78, 5) is 0. The highest BCUT2D eigenvalue weighted by atomic mass is 15.2. The third-order valence-corrected chi connectivity index (χ3v) is 0.921. The van der Waals surface area contributed by atoms with E-state index in [4.69, 9.17) is 5.26 Å². The van der Waals surface area contributed by atoms with Gasteiger partial charge in [-0.2, -0.15) is 10.4 Å². The molecule has 0 saturated heterocycles. The molecule has 0 radical (unpaired) electrons. The molecule has 0 spiro atoms. The summed E-state index contributed by atoms with van der Waals surface area (Å²) >= 11 is 0. The quantitative estimate of drug-likeness (QED) is 0.595. The van der Waals surface area contributed by atoms with Gasteiger partial charge in [0.2, 0.25) is 0 Å². The first kappa shape index (κ1) is 6.49. The second-order valence-corrected chi connectivity index (χ2v) is 1.62. The van der Waals surface area contributed by atoms with Crippen molar-refractivity contribution in [3.63, 3.8) is 0 Å². The van der Waals surface area contributed by atoms with E-state index in [1.165, 1.54) is 0 Å². The summed E-state index contributed by atoms with van der Waals surface area (Å²) < 4.78 is 0. The van der Waals surface area contributed by atoms with Crippen molar-refractivity contribution in [2.24, 2.45) is 0 Å². The highest BCUT2D eigenvalue weighted by molar-refractivity contribution is 5.32. The van der Waals surface area contributed by atoms with Crippen LogP contribution in [0.2, 0.25) is 0 Å². The molecule has 1 aromatic heterocycles. The van der Waals surface area contributed by atoms with Crippen LogP contribution in [0.15, 0.2) is 18.3 Å². The van der Waals surface area contributed by atoms with Gasteiger partial charge in [0.25, 0.3) is 0 Å². The normalized spacial score (nSPS) is 8.30. The van der Waals surface area contributed by atoms with Crippen LogP contribution in [0.25, 0.3) is 0 Å². The summed E-state index contributed by atoms with van der Waals surface area (Å²) in [6.45, 7) is 0.263. The average Bonchev–Trinajstić information content (AvgIpc) is 2.03. The van der Waals surface area contributed by atoms with Gasteiger partial charge in [-0.3, -0.25) is 0 Å². The van der Waals surface area contributed by atoms with E-state index in [-0.39, 0.29) is 6.54 Å². The van der Waals surface area contributed by atoms with Crippen molar-refractivity contribution < 1.29 is 0 Å². The number of rotatable bonds is 2. The highest BCUT2D eigenvalue weighted by Gasteiger charge is 1.87. The Bertz CT molecular complexity index is 225. The van der Waals surface area contributed by atoms with Gasteiger partial charge < -0.3 is 5.32 Å². The molecular weight excluding hydrogens is 128 g/mol. The van der Waals surface area contributed by atoms with Crippen LogP contribution in [0.3, 0.4) is 0 Å². The number of nitriles is 1. The maximum absolute atomic E-state index is 8.17. The highest BCUT2D eigenvalue weighted by Crippen LogP contribution is 1.94. The SMILES string of the molecule is N#CCNc1cccnn1. The molecular formula is C6H6N4. The Labute approximate surface area is 58.5 Å². The molecule has 0 aliphatic carbocycles. The zero-order valence-corrected chi connectivity index (χ0v) is 5.28.